The fraction of sp³-hybridized carbons (Fsp3) is 0.938. The first kappa shape index (κ1) is 16.7. The van der Waals surface area contributed by atoms with Gasteiger partial charge in [0, 0.05) is 32.7 Å². The van der Waals surface area contributed by atoms with Crippen molar-refractivity contribution in [2.24, 2.45) is 11.8 Å². The molecule has 0 aromatic rings. The number of likely N-dealkylation sites (tertiary alicyclic amines) is 1. The predicted octanol–water partition coefficient (Wildman–Crippen LogP) is 0.326. The first-order valence-electron chi connectivity index (χ1n) is 8.33. The van der Waals surface area contributed by atoms with Crippen LogP contribution in [0.15, 0.2) is 0 Å². The van der Waals surface area contributed by atoms with E-state index in [1.807, 2.05) is 11.9 Å². The molecule has 0 radical (unpaired) electrons. The van der Waals surface area contributed by atoms with E-state index in [9.17, 15) is 4.79 Å². The summed E-state index contributed by atoms with van der Waals surface area (Å²) in [4.78, 5) is 19.2. The number of carbonyl (C=O) groups excluding carboxylic acids is 1. The molecule has 2 saturated heterocycles. The van der Waals surface area contributed by atoms with Gasteiger partial charge in [-0.3, -0.25) is 4.79 Å². The zero-order valence-electron chi connectivity index (χ0n) is 14.1. The maximum Gasteiger partial charge on any atom is 0.227 e. The molecule has 2 unspecified atom stereocenters. The predicted molar refractivity (Wildman–Crippen MR) is 86.3 cm³/mol. The second kappa shape index (κ2) is 7.56. The van der Waals surface area contributed by atoms with Crippen LogP contribution in [0.4, 0.5) is 0 Å². The van der Waals surface area contributed by atoms with Gasteiger partial charge >= 0.3 is 0 Å². The summed E-state index contributed by atoms with van der Waals surface area (Å²) in [7, 11) is 6.35. The standard InChI is InChI=1S/C16H32N4O/c1-13-11-17-12-15(13)16(21)20(4)10-9-19(3)14-5-7-18(2)8-6-14/h13-15,17H,5-12H2,1-4H3. The van der Waals surface area contributed by atoms with Crippen molar-refractivity contribution in [3.63, 3.8) is 0 Å². The molecule has 0 aromatic carbocycles. The minimum atomic E-state index is 0.170. The molecule has 0 saturated carbocycles. The van der Waals surface area contributed by atoms with Crippen LogP contribution in [0.5, 0.6) is 0 Å². The maximum atomic E-state index is 12.4. The van der Waals surface area contributed by atoms with Gasteiger partial charge in [0.2, 0.25) is 5.91 Å². The minimum absolute atomic E-state index is 0.170. The number of hydrogen-bond acceptors (Lipinski definition) is 4. The number of nitrogens with zero attached hydrogens (tertiary/aromatic N) is 3. The third-order valence-electron chi connectivity index (χ3n) is 5.31. The Balaban J connectivity index is 1.72. The van der Waals surface area contributed by atoms with Crippen molar-refractivity contribution in [2.45, 2.75) is 25.8 Å². The van der Waals surface area contributed by atoms with Gasteiger partial charge < -0.3 is 20.0 Å². The Bertz CT molecular complexity index is 341. The highest BCUT2D eigenvalue weighted by Gasteiger charge is 2.31. The molecule has 2 aliphatic heterocycles. The lowest BCUT2D eigenvalue weighted by atomic mass is 9.97. The Hall–Kier alpha value is -0.650. The second-order valence-corrected chi connectivity index (χ2v) is 7.02. The van der Waals surface area contributed by atoms with Crippen LogP contribution in [0.3, 0.4) is 0 Å². The van der Waals surface area contributed by atoms with Gasteiger partial charge in [-0.25, -0.2) is 0 Å². The Kier molecular flexibility index (Phi) is 6.02. The summed E-state index contributed by atoms with van der Waals surface area (Å²) in [5.41, 5.74) is 0. The van der Waals surface area contributed by atoms with Crippen molar-refractivity contribution in [2.75, 3.05) is 60.4 Å². The molecular weight excluding hydrogens is 264 g/mol. The second-order valence-electron chi connectivity index (χ2n) is 7.02. The van der Waals surface area contributed by atoms with Crippen molar-refractivity contribution in [3.05, 3.63) is 0 Å². The topological polar surface area (TPSA) is 38.8 Å². The van der Waals surface area contributed by atoms with E-state index >= 15 is 0 Å². The van der Waals surface area contributed by atoms with Crippen molar-refractivity contribution < 1.29 is 4.79 Å². The van der Waals surface area contributed by atoms with Crippen molar-refractivity contribution in [1.82, 2.24) is 20.0 Å². The number of nitrogens with one attached hydrogen (secondary N) is 1. The van der Waals surface area contributed by atoms with Gasteiger partial charge in [-0.2, -0.15) is 0 Å². The zero-order chi connectivity index (χ0) is 15.4. The summed E-state index contributed by atoms with van der Waals surface area (Å²) in [6.07, 6.45) is 2.49. The highest BCUT2D eigenvalue weighted by Crippen LogP contribution is 2.18. The Morgan fingerprint density at radius 2 is 1.86 bits per heavy atom. The molecule has 122 valence electrons. The highest BCUT2D eigenvalue weighted by atomic mass is 16.2. The van der Waals surface area contributed by atoms with Crippen LogP contribution >= 0.6 is 0 Å². The lowest BCUT2D eigenvalue weighted by Crippen LogP contribution is -2.45. The van der Waals surface area contributed by atoms with E-state index < -0.39 is 0 Å². The van der Waals surface area contributed by atoms with Crippen LogP contribution in [0.2, 0.25) is 0 Å². The molecule has 5 nitrogen and oxygen atoms in total. The molecule has 2 atom stereocenters. The maximum absolute atomic E-state index is 12.4. The van der Waals surface area contributed by atoms with Gasteiger partial charge in [0.05, 0.1) is 5.92 Å². The number of hydrogen-bond donors (Lipinski definition) is 1. The molecule has 0 bridgehead atoms. The third kappa shape index (κ3) is 4.41. The van der Waals surface area contributed by atoms with Crippen molar-refractivity contribution in [3.8, 4) is 0 Å². The number of likely N-dealkylation sites (N-methyl/N-ethyl adjacent to an activating group) is 2. The van der Waals surface area contributed by atoms with Crippen LogP contribution < -0.4 is 5.32 Å². The number of amides is 1. The molecule has 2 fully saturated rings. The molecule has 1 N–H and O–H groups in total. The van der Waals surface area contributed by atoms with E-state index in [2.05, 4.69) is 36.1 Å². The molecule has 0 aromatic heterocycles. The van der Waals surface area contributed by atoms with Crippen LogP contribution in [0.1, 0.15) is 19.8 Å². The molecule has 5 heteroatoms. The van der Waals surface area contributed by atoms with Gasteiger partial charge in [0.1, 0.15) is 0 Å². The van der Waals surface area contributed by atoms with Gasteiger partial charge in [-0.05, 0) is 52.5 Å². The summed E-state index contributed by atoms with van der Waals surface area (Å²) in [5.74, 6) is 0.944. The number of piperidine rings is 1. The van der Waals surface area contributed by atoms with Crippen LogP contribution in [0.25, 0.3) is 0 Å². The fourth-order valence-corrected chi connectivity index (χ4v) is 3.46. The Labute approximate surface area is 129 Å². The zero-order valence-corrected chi connectivity index (χ0v) is 14.1. The molecule has 1 amide bonds. The quantitative estimate of drug-likeness (QED) is 0.793. The summed E-state index contributed by atoms with van der Waals surface area (Å²) in [5, 5.41) is 3.32. The lowest BCUT2D eigenvalue weighted by molar-refractivity contribution is -0.134. The summed E-state index contributed by atoms with van der Waals surface area (Å²) < 4.78 is 0. The Morgan fingerprint density at radius 1 is 1.19 bits per heavy atom. The van der Waals surface area contributed by atoms with Gasteiger partial charge in [-0.1, -0.05) is 6.92 Å². The highest BCUT2D eigenvalue weighted by molar-refractivity contribution is 5.79. The summed E-state index contributed by atoms with van der Waals surface area (Å²) >= 11 is 0. The van der Waals surface area contributed by atoms with Crippen LogP contribution in [-0.2, 0) is 4.79 Å². The molecular formula is C16H32N4O. The SMILES string of the molecule is CC1CNCC1C(=O)N(C)CCN(C)C1CCN(C)CC1. The fourth-order valence-electron chi connectivity index (χ4n) is 3.46. The first-order chi connectivity index (χ1) is 9.99. The van der Waals surface area contributed by atoms with Gasteiger partial charge in [0.25, 0.3) is 0 Å². The van der Waals surface area contributed by atoms with Crippen LogP contribution in [0, 0.1) is 11.8 Å². The van der Waals surface area contributed by atoms with E-state index in [0.29, 0.717) is 17.9 Å². The number of carbonyl (C=O) groups is 1. The molecule has 0 aliphatic carbocycles. The third-order valence-corrected chi connectivity index (χ3v) is 5.31. The van der Waals surface area contributed by atoms with E-state index in [4.69, 9.17) is 0 Å². The van der Waals surface area contributed by atoms with E-state index in [1.165, 1.54) is 25.9 Å². The molecule has 2 heterocycles. The number of rotatable bonds is 5. The molecule has 2 rings (SSSR count). The summed E-state index contributed by atoms with van der Waals surface area (Å²) in [6, 6.07) is 0.678. The Morgan fingerprint density at radius 3 is 2.43 bits per heavy atom. The van der Waals surface area contributed by atoms with Gasteiger partial charge in [-0.15, -0.1) is 0 Å². The monoisotopic (exact) mass is 296 g/mol. The first-order valence-corrected chi connectivity index (χ1v) is 8.33. The van der Waals surface area contributed by atoms with E-state index in [0.717, 1.165) is 26.2 Å². The van der Waals surface area contributed by atoms with E-state index in [-0.39, 0.29) is 5.92 Å². The van der Waals surface area contributed by atoms with Gasteiger partial charge in [0.15, 0.2) is 0 Å². The lowest BCUT2D eigenvalue weighted by Gasteiger charge is -2.36. The largest absolute Gasteiger partial charge is 0.344 e. The molecule has 2 aliphatic rings. The smallest absolute Gasteiger partial charge is 0.227 e. The normalized spacial score (nSPS) is 28.2. The molecule has 0 spiro atoms. The average molecular weight is 296 g/mol. The van der Waals surface area contributed by atoms with Crippen molar-refractivity contribution >= 4 is 5.91 Å². The van der Waals surface area contributed by atoms with Crippen molar-refractivity contribution in [1.29, 1.82) is 0 Å². The van der Waals surface area contributed by atoms with Crippen LogP contribution in [-0.4, -0.2) is 87.1 Å². The minimum Gasteiger partial charge on any atom is -0.344 e. The van der Waals surface area contributed by atoms with E-state index in [1.54, 1.807) is 0 Å². The summed E-state index contributed by atoms with van der Waals surface area (Å²) in [6.45, 7) is 8.18. The average Bonchev–Trinajstić information content (AvgIpc) is 2.90. The molecule has 21 heavy (non-hydrogen) atoms.